The average Bonchev–Trinajstić information content (AvgIpc) is 2.86. The highest BCUT2D eigenvalue weighted by molar-refractivity contribution is 5.75. The fourth-order valence-electron chi connectivity index (χ4n) is 2.50. The number of hydrogen-bond acceptors (Lipinski definition) is 5. The summed E-state index contributed by atoms with van der Waals surface area (Å²) in [5.74, 6) is 0.168. The van der Waals surface area contributed by atoms with Crippen LogP contribution < -0.4 is 10.1 Å². The van der Waals surface area contributed by atoms with E-state index in [0.717, 1.165) is 12.8 Å². The molecule has 110 valence electrons. The van der Waals surface area contributed by atoms with Gasteiger partial charge in [0, 0.05) is 18.8 Å². The summed E-state index contributed by atoms with van der Waals surface area (Å²) in [5, 5.41) is 12.4. The van der Waals surface area contributed by atoms with E-state index in [1.165, 1.54) is 0 Å². The molecular weight excluding hydrogens is 258 g/mol. The summed E-state index contributed by atoms with van der Waals surface area (Å²) >= 11 is 0. The lowest BCUT2D eigenvalue weighted by Crippen LogP contribution is -2.35. The zero-order valence-electron chi connectivity index (χ0n) is 11.9. The molecule has 0 aliphatic heterocycles. The first-order valence-corrected chi connectivity index (χ1v) is 6.99. The van der Waals surface area contributed by atoms with E-state index in [-0.39, 0.29) is 6.10 Å². The predicted molar refractivity (Wildman–Crippen MR) is 74.8 cm³/mol. The Hall–Kier alpha value is -1.85. The minimum atomic E-state index is -0.739. The predicted octanol–water partition coefficient (Wildman–Crippen LogP) is 2.32. The van der Waals surface area contributed by atoms with Gasteiger partial charge < -0.3 is 15.2 Å². The minimum Gasteiger partial charge on any atom is -0.481 e. The summed E-state index contributed by atoms with van der Waals surface area (Å²) < 4.78 is 5.49. The van der Waals surface area contributed by atoms with Crippen molar-refractivity contribution >= 4 is 11.9 Å². The van der Waals surface area contributed by atoms with Gasteiger partial charge >= 0.3 is 5.97 Å². The van der Waals surface area contributed by atoms with Gasteiger partial charge in [-0.25, -0.2) is 4.98 Å². The molecule has 0 aromatic carbocycles. The molecule has 2 N–H and O–H groups in total. The molecule has 20 heavy (non-hydrogen) atoms. The number of carboxylic acids is 1. The van der Waals surface area contributed by atoms with Crippen LogP contribution in [0.15, 0.2) is 12.3 Å². The Bertz CT molecular complexity index is 470. The van der Waals surface area contributed by atoms with Crippen LogP contribution in [0.1, 0.15) is 39.5 Å². The number of rotatable bonds is 6. The molecule has 0 unspecified atom stereocenters. The van der Waals surface area contributed by atoms with Gasteiger partial charge in [0.1, 0.15) is 0 Å². The summed E-state index contributed by atoms with van der Waals surface area (Å²) in [4.78, 5) is 19.8. The normalized spacial score (nSPS) is 17.1. The first kappa shape index (κ1) is 14.6. The number of nitrogens with one attached hydrogen (secondary N) is 1. The molecular formula is C14H21N3O3. The van der Waals surface area contributed by atoms with Gasteiger partial charge in [0.15, 0.2) is 0 Å². The first-order valence-electron chi connectivity index (χ1n) is 6.99. The molecule has 1 aromatic rings. The molecule has 1 aromatic heterocycles. The summed E-state index contributed by atoms with van der Waals surface area (Å²) in [6.45, 7) is 4.20. The molecule has 1 aliphatic rings. The van der Waals surface area contributed by atoms with Gasteiger partial charge in [-0.15, -0.1) is 0 Å². The summed E-state index contributed by atoms with van der Waals surface area (Å²) in [5.41, 5.74) is -0.682. The lowest BCUT2D eigenvalue weighted by Gasteiger charge is -2.23. The Balaban J connectivity index is 2.01. The van der Waals surface area contributed by atoms with Crippen LogP contribution in [0.2, 0.25) is 0 Å². The zero-order valence-corrected chi connectivity index (χ0v) is 11.9. The number of carboxylic acid groups (broad SMARTS) is 1. The number of aliphatic carboxylic acids is 1. The second kappa shape index (κ2) is 6.07. The highest BCUT2D eigenvalue weighted by Gasteiger charge is 2.41. The smallest absolute Gasteiger partial charge is 0.311 e. The van der Waals surface area contributed by atoms with Crippen molar-refractivity contribution in [2.45, 2.75) is 45.6 Å². The van der Waals surface area contributed by atoms with E-state index in [0.29, 0.717) is 31.2 Å². The standard InChI is InChI=1S/C14H21N3O3/c1-10(2)20-11-5-8-15-13(17-11)16-9-14(12(18)19)6-3-4-7-14/h5,8,10H,3-4,6-7,9H2,1-2H3,(H,18,19)(H,15,16,17). The van der Waals surface area contributed by atoms with Crippen LogP contribution in [0, 0.1) is 5.41 Å². The van der Waals surface area contributed by atoms with Gasteiger partial charge in [-0.2, -0.15) is 4.98 Å². The van der Waals surface area contributed by atoms with Gasteiger partial charge in [-0.05, 0) is 26.7 Å². The van der Waals surface area contributed by atoms with E-state index in [1.807, 2.05) is 13.8 Å². The fraction of sp³-hybridized carbons (Fsp3) is 0.643. The maximum atomic E-state index is 11.5. The number of carbonyl (C=O) groups is 1. The Labute approximate surface area is 118 Å². The van der Waals surface area contributed by atoms with Crippen molar-refractivity contribution < 1.29 is 14.6 Å². The molecule has 6 nitrogen and oxygen atoms in total. The third-order valence-corrected chi connectivity index (χ3v) is 3.59. The quantitative estimate of drug-likeness (QED) is 0.831. The SMILES string of the molecule is CC(C)Oc1ccnc(NCC2(C(=O)O)CCCC2)n1. The monoisotopic (exact) mass is 279 g/mol. The van der Waals surface area contributed by atoms with Crippen molar-refractivity contribution in [3.63, 3.8) is 0 Å². The van der Waals surface area contributed by atoms with Crippen LogP contribution in [0.25, 0.3) is 0 Å². The summed E-state index contributed by atoms with van der Waals surface area (Å²) in [7, 11) is 0. The maximum absolute atomic E-state index is 11.5. The third kappa shape index (κ3) is 3.37. The van der Waals surface area contributed by atoms with E-state index < -0.39 is 11.4 Å². The van der Waals surface area contributed by atoms with Crippen molar-refractivity contribution in [1.29, 1.82) is 0 Å². The van der Waals surface area contributed by atoms with Crippen molar-refractivity contribution in [3.8, 4) is 5.88 Å². The molecule has 1 fully saturated rings. The summed E-state index contributed by atoms with van der Waals surface area (Å²) in [6.07, 6.45) is 4.99. The Morgan fingerprint density at radius 2 is 2.20 bits per heavy atom. The average molecular weight is 279 g/mol. The highest BCUT2D eigenvalue weighted by Crippen LogP contribution is 2.38. The van der Waals surface area contributed by atoms with E-state index >= 15 is 0 Å². The van der Waals surface area contributed by atoms with Crippen LogP contribution in [-0.4, -0.2) is 33.7 Å². The number of aromatic nitrogens is 2. The van der Waals surface area contributed by atoms with Gasteiger partial charge in [0.05, 0.1) is 11.5 Å². The highest BCUT2D eigenvalue weighted by atomic mass is 16.5. The molecule has 1 saturated carbocycles. The van der Waals surface area contributed by atoms with Crippen molar-refractivity contribution in [2.24, 2.45) is 5.41 Å². The lowest BCUT2D eigenvalue weighted by atomic mass is 9.86. The minimum absolute atomic E-state index is 0.0398. The van der Waals surface area contributed by atoms with E-state index in [9.17, 15) is 9.90 Å². The van der Waals surface area contributed by atoms with Crippen molar-refractivity contribution in [2.75, 3.05) is 11.9 Å². The van der Waals surface area contributed by atoms with E-state index in [1.54, 1.807) is 12.3 Å². The Kier molecular flexibility index (Phi) is 4.42. The van der Waals surface area contributed by atoms with Crippen molar-refractivity contribution in [1.82, 2.24) is 9.97 Å². The summed E-state index contributed by atoms with van der Waals surface area (Å²) in [6, 6.07) is 1.69. The number of nitrogens with zero attached hydrogens (tertiary/aromatic N) is 2. The van der Waals surface area contributed by atoms with Crippen LogP contribution in [0.5, 0.6) is 5.88 Å². The van der Waals surface area contributed by atoms with Gasteiger partial charge in [0.2, 0.25) is 11.8 Å². The molecule has 1 heterocycles. The Morgan fingerprint density at radius 1 is 1.50 bits per heavy atom. The molecule has 6 heteroatoms. The molecule has 0 radical (unpaired) electrons. The molecule has 0 amide bonds. The first-order chi connectivity index (χ1) is 9.52. The number of anilines is 1. The van der Waals surface area contributed by atoms with Gasteiger partial charge in [-0.1, -0.05) is 12.8 Å². The largest absolute Gasteiger partial charge is 0.481 e. The lowest BCUT2D eigenvalue weighted by molar-refractivity contribution is -0.147. The molecule has 1 aliphatic carbocycles. The molecule has 0 atom stereocenters. The van der Waals surface area contributed by atoms with Gasteiger partial charge in [0.25, 0.3) is 0 Å². The topological polar surface area (TPSA) is 84.3 Å². The second-order valence-corrected chi connectivity index (χ2v) is 5.53. The Morgan fingerprint density at radius 3 is 2.80 bits per heavy atom. The van der Waals surface area contributed by atoms with Crippen LogP contribution in [0.4, 0.5) is 5.95 Å². The zero-order chi connectivity index (χ0) is 14.6. The maximum Gasteiger partial charge on any atom is 0.311 e. The molecule has 0 bridgehead atoms. The number of hydrogen-bond donors (Lipinski definition) is 2. The third-order valence-electron chi connectivity index (χ3n) is 3.59. The van der Waals surface area contributed by atoms with Crippen LogP contribution in [0.3, 0.4) is 0 Å². The molecule has 2 rings (SSSR count). The second-order valence-electron chi connectivity index (χ2n) is 5.53. The fourth-order valence-corrected chi connectivity index (χ4v) is 2.50. The van der Waals surface area contributed by atoms with E-state index in [4.69, 9.17) is 4.74 Å². The van der Waals surface area contributed by atoms with Gasteiger partial charge in [-0.3, -0.25) is 4.79 Å². The van der Waals surface area contributed by atoms with Crippen LogP contribution in [-0.2, 0) is 4.79 Å². The molecule has 0 spiro atoms. The van der Waals surface area contributed by atoms with Crippen LogP contribution >= 0.6 is 0 Å². The van der Waals surface area contributed by atoms with Crippen molar-refractivity contribution in [3.05, 3.63) is 12.3 Å². The van der Waals surface area contributed by atoms with E-state index in [2.05, 4.69) is 15.3 Å². The number of ether oxygens (including phenoxy) is 1. The molecule has 0 saturated heterocycles.